The van der Waals surface area contributed by atoms with Crippen molar-refractivity contribution in [2.24, 2.45) is 28.2 Å². The summed E-state index contributed by atoms with van der Waals surface area (Å²) in [5.41, 5.74) is 7.10. The summed E-state index contributed by atoms with van der Waals surface area (Å²) in [6.45, 7) is 34.0. The van der Waals surface area contributed by atoms with E-state index in [0.717, 1.165) is 32.1 Å². The third kappa shape index (κ3) is 25.8. The van der Waals surface area contributed by atoms with Crippen LogP contribution in [0, 0.1) is 133 Å². The van der Waals surface area contributed by atoms with Crippen LogP contribution >= 0.6 is 0 Å². The zero-order chi connectivity index (χ0) is 109. The first-order chi connectivity index (χ1) is 67.4. The first kappa shape index (κ1) is 114. The van der Waals surface area contributed by atoms with E-state index in [9.17, 15) is 103 Å². The predicted octanol–water partition coefficient (Wildman–Crippen LogP) is 16.5. The average molecular weight is 2010 g/mol. The molecule has 0 aliphatic heterocycles. The molecule has 3 aliphatic rings. The number of hydrogen-bond donors (Lipinski definition) is 10. The van der Waals surface area contributed by atoms with Crippen molar-refractivity contribution in [3.8, 4) is 0 Å². The van der Waals surface area contributed by atoms with Crippen LogP contribution in [-0.2, 0) is 63.4 Å². The summed E-state index contributed by atoms with van der Waals surface area (Å²) in [5.74, 6) is -11.6. The predicted molar refractivity (Wildman–Crippen MR) is 536 cm³/mol. The highest BCUT2D eigenvalue weighted by Crippen LogP contribution is 2.44. The number of anilines is 5. The number of carbonyl (C=O) groups excluding carboxylic acids is 15. The maximum Gasteiger partial charge on any atom is 0.294 e. The van der Waals surface area contributed by atoms with Gasteiger partial charge in [0, 0.05) is 129 Å². The Hall–Kier alpha value is -15.0. The maximum atomic E-state index is 13.9. The van der Waals surface area contributed by atoms with Crippen molar-refractivity contribution in [3.63, 3.8) is 0 Å². The molecule has 38 heteroatoms. The molecule has 3 aliphatic carbocycles. The number of Topliss-reactive ketones (excluding diaryl/α,β-unsaturated/α-hetero) is 5. The van der Waals surface area contributed by atoms with Crippen molar-refractivity contribution in [1.29, 1.82) is 0 Å². The molecule has 5 aromatic carbocycles. The van der Waals surface area contributed by atoms with Crippen LogP contribution in [-0.4, -0.2) is 166 Å². The Kier molecular flexibility index (Phi) is 35.5. The largest absolute Gasteiger partial charge is 0.382 e. The van der Waals surface area contributed by atoms with Crippen LogP contribution in [0.25, 0.3) is 0 Å². The van der Waals surface area contributed by atoms with Gasteiger partial charge in [-0.05, 0) is 324 Å². The summed E-state index contributed by atoms with van der Waals surface area (Å²) in [6.07, 6.45) is 4.69. The van der Waals surface area contributed by atoms with E-state index in [1.165, 1.54) is 127 Å². The second kappa shape index (κ2) is 45.3. The Bertz CT molecular complexity index is 6930. The molecular weight excluding hydrogens is 1880 g/mol. The Balaban J connectivity index is 0.000000202. The topological polar surface area (TPSA) is 410 Å². The zero-order valence-corrected chi connectivity index (χ0v) is 86.6. The quantitative estimate of drug-likeness (QED) is 0.0124. The summed E-state index contributed by atoms with van der Waals surface area (Å²) >= 11 is 0. The van der Waals surface area contributed by atoms with Crippen LogP contribution in [0.2, 0.25) is 0 Å². The number of benzene rings is 5. The van der Waals surface area contributed by atoms with Crippen molar-refractivity contribution in [1.82, 2.24) is 49.4 Å². The van der Waals surface area contributed by atoms with E-state index in [4.69, 9.17) is 4.74 Å². The summed E-state index contributed by atoms with van der Waals surface area (Å²) in [5, 5.41) is 26.7. The smallest absolute Gasteiger partial charge is 0.294 e. The molecule has 774 valence electrons. The lowest BCUT2D eigenvalue weighted by molar-refractivity contribution is -0.122. The van der Waals surface area contributed by atoms with E-state index in [0.29, 0.717) is 124 Å². The van der Waals surface area contributed by atoms with E-state index >= 15 is 0 Å². The first-order valence-electron chi connectivity index (χ1n) is 46.6. The minimum atomic E-state index is -1.35. The number of likely N-dealkylation sites (N-methyl/N-ethyl adjacent to an activating group) is 1. The monoisotopic (exact) mass is 2010 g/mol. The van der Waals surface area contributed by atoms with Gasteiger partial charge in [0.05, 0.1) is 75.0 Å². The number of ketones is 5. The molecule has 3 saturated carbocycles. The van der Waals surface area contributed by atoms with Crippen molar-refractivity contribution in [3.05, 3.63) is 260 Å². The fourth-order valence-electron chi connectivity index (χ4n) is 18.2. The number of halogens is 7. The number of alkyl halides is 2. The Labute approximate surface area is 836 Å². The highest BCUT2D eigenvalue weighted by atomic mass is 19.2. The third-order valence-corrected chi connectivity index (χ3v) is 26.5. The Morgan fingerprint density at radius 3 is 0.821 bits per heavy atom. The van der Waals surface area contributed by atoms with Crippen LogP contribution in [0.3, 0.4) is 0 Å². The molecule has 10 amide bonds. The van der Waals surface area contributed by atoms with Gasteiger partial charge in [0.2, 0.25) is 0 Å². The average Bonchev–Trinajstić information content (AvgIpc) is 1.36. The molecule has 0 radical (unpaired) electrons. The molecule has 10 aromatic rings. The number of hydrogen-bond acceptors (Lipinski definition) is 16. The van der Waals surface area contributed by atoms with E-state index in [1.807, 2.05) is 13.8 Å². The molecule has 0 unspecified atom stereocenters. The molecule has 5 aromatic heterocycles. The van der Waals surface area contributed by atoms with Gasteiger partial charge in [-0.1, -0.05) is 0 Å². The number of aryl methyl sites for hydroxylation is 5. The number of amides is 10. The van der Waals surface area contributed by atoms with E-state index in [1.54, 1.807) is 161 Å². The highest BCUT2D eigenvalue weighted by Gasteiger charge is 2.51. The van der Waals surface area contributed by atoms with Crippen molar-refractivity contribution < 1.29 is 107 Å². The molecule has 145 heavy (non-hydrogen) atoms. The summed E-state index contributed by atoms with van der Waals surface area (Å²) < 4.78 is 107. The van der Waals surface area contributed by atoms with Gasteiger partial charge in [0.15, 0.2) is 0 Å². The van der Waals surface area contributed by atoms with E-state index in [-0.39, 0.29) is 106 Å². The van der Waals surface area contributed by atoms with Crippen molar-refractivity contribution in [2.75, 3.05) is 54.0 Å². The number of rotatable bonds is 28. The Morgan fingerprint density at radius 1 is 0.352 bits per heavy atom. The van der Waals surface area contributed by atoms with Gasteiger partial charge in [0.25, 0.3) is 88.0 Å². The van der Waals surface area contributed by atoms with Gasteiger partial charge in [-0.3, -0.25) is 71.9 Å². The van der Waals surface area contributed by atoms with Crippen LogP contribution < -0.4 is 53.2 Å². The lowest BCUT2D eigenvalue weighted by atomic mass is 9.68. The molecule has 0 saturated heterocycles. The molecule has 0 bridgehead atoms. The number of aromatic nitrogens is 5. The van der Waals surface area contributed by atoms with Crippen molar-refractivity contribution >= 4 is 116 Å². The first-order valence-corrected chi connectivity index (χ1v) is 46.6. The minimum Gasteiger partial charge on any atom is -0.382 e. The summed E-state index contributed by atoms with van der Waals surface area (Å²) in [7, 11) is 9.38. The fraction of sp³-hybridized carbons (Fsp3) is 0.393. The number of nitrogens with zero attached hydrogens (tertiary/aromatic N) is 5. The maximum absolute atomic E-state index is 13.9. The molecule has 3 fully saturated rings. The van der Waals surface area contributed by atoms with Crippen molar-refractivity contribution in [2.45, 2.75) is 225 Å². The summed E-state index contributed by atoms with van der Waals surface area (Å²) in [6, 6.07) is 21.2. The molecular formula is C107H126F7N15O16. The van der Waals surface area contributed by atoms with Gasteiger partial charge < -0.3 is 80.7 Å². The fourth-order valence-corrected chi connectivity index (χ4v) is 18.2. The Morgan fingerprint density at radius 2 is 0.593 bits per heavy atom. The molecule has 31 nitrogen and oxygen atoms in total. The van der Waals surface area contributed by atoms with Gasteiger partial charge in [0.1, 0.15) is 41.4 Å². The molecule has 0 atom stereocenters. The van der Waals surface area contributed by atoms with Gasteiger partial charge in [-0.15, -0.1) is 0 Å². The van der Waals surface area contributed by atoms with Crippen LogP contribution in [0.5, 0.6) is 0 Å². The lowest BCUT2D eigenvalue weighted by Crippen LogP contribution is -2.61. The number of nitrogens with one attached hydrogen (secondary N) is 10. The van der Waals surface area contributed by atoms with Gasteiger partial charge in [-0.25, -0.2) is 30.7 Å². The second-order valence-electron chi connectivity index (χ2n) is 39.0. The standard InChI is InChI=1S/C23H29F2N3O4.C23H27F2N3O3.C22H26FN3O3.C21H24FN3O3.C18H20FN3O3/c1-13-11-16(7-8-17(13)25)26-21(30)18-14(2)19(28(10-9-24)15(18)3)20(29)22(31)27-23(4,5)12-32-6;1-12-9-15(7-8-16(12)24)26-20(30)17-13(2)18(28(6)14(17)3)19(29)21(31)27-23(5)10-22(4,25)11-23;1-12-11-15(7-8-16(12)23)24-20(28)17-13(2)18(26(5)14(17)3)19(27)21(29)25-22(4)9-6-10-22;1-11-10-14(6-7-15(11)22)23-19(27)16-12(2)17(25(5)13(16)3)18(26)20(28)24-21(4)8-9-21;1-9-8-12(6-7-13(9)19)21-17(24)14-10(2)15(22(5)11(14)3)16(23)18(25)20-4/h7-8,11H,9-10,12H2,1-6H3,(H,26,30)(H,27,31);7-9H,10-11H2,1-6H3,(H,26,30)(H,27,31);7-8,11H,6,9-10H2,1-5H3,(H,24,28)(H,25,29);6-7,10H,8-9H2,1-5H3,(H,23,27)(H,24,28);6-8H,1-5H3,(H,20,25)(H,21,24). The number of ether oxygens (including phenoxy) is 1. The lowest BCUT2D eigenvalue weighted by Gasteiger charge is -2.48. The normalized spacial score (nSPS) is 14.9. The zero-order valence-electron chi connectivity index (χ0n) is 86.6. The van der Waals surface area contributed by atoms with E-state index < -0.39 is 117 Å². The minimum absolute atomic E-state index is 0.0497. The second-order valence-corrected chi connectivity index (χ2v) is 39.0. The van der Waals surface area contributed by atoms with Crippen LogP contribution in [0.15, 0.2) is 91.0 Å². The third-order valence-electron chi connectivity index (χ3n) is 26.5. The summed E-state index contributed by atoms with van der Waals surface area (Å²) in [4.78, 5) is 190. The van der Waals surface area contributed by atoms with Gasteiger partial charge >= 0.3 is 0 Å². The van der Waals surface area contributed by atoms with Crippen LogP contribution in [0.1, 0.15) is 275 Å². The number of carbonyl (C=O) groups is 15. The SMILES string of the molecule is CNC(=O)C(=O)c1c(C)c(C(=O)Nc2ccc(F)c(C)c2)c(C)n1C.COCC(C)(C)NC(=O)C(=O)c1c(C)c(C(=O)Nc2ccc(F)c(C)c2)c(C)n1CCF.Cc1cc(NC(=O)c2c(C)c(C(=O)C(=O)NC3(C)CC(C)(F)C3)n(C)c2C)ccc1F.Cc1cc(NC(=O)c2c(C)c(C(=O)C(=O)NC3(C)CC3)n(C)c2C)ccc1F.Cc1cc(NC(=O)c2c(C)c(C(=O)C(=O)NC3(C)CCC3)n(C)c2C)ccc1F. The highest BCUT2D eigenvalue weighted by molar-refractivity contribution is 6.45. The van der Waals surface area contributed by atoms with Gasteiger partial charge in [-0.2, -0.15) is 0 Å². The molecule has 0 spiro atoms. The molecule has 10 N–H and O–H groups in total. The van der Waals surface area contributed by atoms with E-state index in [2.05, 4.69) is 53.2 Å². The number of methoxy groups -OCH3 is 1. The molecule has 5 heterocycles. The van der Waals surface area contributed by atoms with Crippen LogP contribution in [0.4, 0.5) is 59.2 Å². The molecule has 13 rings (SSSR count).